The lowest BCUT2D eigenvalue weighted by Crippen LogP contribution is -2.50. The van der Waals surface area contributed by atoms with Crippen LogP contribution < -0.4 is 15.4 Å². The quantitative estimate of drug-likeness (QED) is 0.333. The Hall–Kier alpha value is -3.80. The van der Waals surface area contributed by atoms with Crippen LogP contribution in [0.4, 0.5) is 18.9 Å². The second-order valence-electron chi connectivity index (χ2n) is 11.8. The number of amides is 1. The number of aromatic nitrogens is 2. The molecule has 3 heterocycles. The number of hydrogen-bond donors (Lipinski definition) is 2. The molecule has 0 unspecified atom stereocenters. The first-order valence-electron chi connectivity index (χ1n) is 15.1. The number of carbonyl (C=O) groups is 1. The molecule has 2 aliphatic rings. The number of nitrogens with one attached hydrogen (secondary N) is 2. The zero-order valence-electron chi connectivity index (χ0n) is 26.0. The minimum atomic E-state index is -4.48. The fourth-order valence-corrected chi connectivity index (χ4v) is 7.01. The fourth-order valence-electron chi connectivity index (χ4n) is 6.05. The van der Waals surface area contributed by atoms with E-state index in [1.807, 2.05) is 0 Å². The Kier molecular flexibility index (Phi) is 10.1. The molecule has 2 aromatic carbocycles. The number of sulfone groups is 1. The third-order valence-electron chi connectivity index (χ3n) is 8.27. The third kappa shape index (κ3) is 7.94. The number of methoxy groups -OCH3 is 1. The second kappa shape index (κ2) is 13.9. The maximum Gasteiger partial charge on any atom is 0.406 e. The van der Waals surface area contributed by atoms with Crippen LogP contribution in [0, 0.1) is 17.8 Å². The fraction of sp³-hybridized carbons (Fsp3) is 0.500. The Labute approximate surface area is 266 Å². The highest BCUT2D eigenvalue weighted by molar-refractivity contribution is 7.90. The molecule has 0 spiro atoms. The van der Waals surface area contributed by atoms with Gasteiger partial charge in [-0.1, -0.05) is 18.8 Å². The molecule has 5 rings (SSSR count). The second-order valence-corrected chi connectivity index (χ2v) is 13.8. The SMILES string of the molecule is COCCN1CC[C@H](NC(=O)c2cc(C#CCNc3ccc(S(C)(=O)=O)c4c3OCCC4)cc3c2ncn3CC(F)(F)F)[C@@H](C)C1. The number of carbonyl (C=O) groups excluding carboxylic acids is 1. The highest BCUT2D eigenvalue weighted by Crippen LogP contribution is 2.37. The van der Waals surface area contributed by atoms with Gasteiger partial charge in [0.25, 0.3) is 5.91 Å². The van der Waals surface area contributed by atoms with Crippen molar-refractivity contribution >= 4 is 32.5 Å². The summed E-state index contributed by atoms with van der Waals surface area (Å²) in [6.07, 6.45) is -0.229. The monoisotopic (exact) mass is 661 g/mol. The van der Waals surface area contributed by atoms with E-state index in [0.29, 0.717) is 48.6 Å². The molecule has 1 fully saturated rings. The van der Waals surface area contributed by atoms with Gasteiger partial charge in [0.15, 0.2) is 9.84 Å². The standard InChI is InChI=1S/C32H38F3N5O5S/c1-21-18-39(13-15-44-2)12-10-25(21)38-31(41)24-16-22(17-27-29(24)37-20-40(27)19-32(33,34)35)6-4-11-36-26-8-9-28(46(3,42)43)23-7-5-14-45-30(23)26/h8-9,16-17,20-21,25,36H,5,7,10-15,18-19H2,1-3H3,(H,38,41)/t21-,25-/m0/s1. The molecule has 248 valence electrons. The molecule has 0 bridgehead atoms. The molecule has 2 aliphatic heterocycles. The van der Waals surface area contributed by atoms with Gasteiger partial charge >= 0.3 is 6.18 Å². The summed E-state index contributed by atoms with van der Waals surface area (Å²) >= 11 is 0. The Morgan fingerprint density at radius 3 is 2.78 bits per heavy atom. The van der Waals surface area contributed by atoms with Crippen LogP contribution in [0.5, 0.6) is 5.75 Å². The lowest BCUT2D eigenvalue weighted by Gasteiger charge is -2.37. The van der Waals surface area contributed by atoms with Crippen molar-refractivity contribution in [2.45, 2.75) is 49.8 Å². The van der Waals surface area contributed by atoms with Gasteiger partial charge in [-0.25, -0.2) is 13.4 Å². The van der Waals surface area contributed by atoms with Gasteiger partial charge in [-0.2, -0.15) is 13.2 Å². The van der Waals surface area contributed by atoms with Crippen molar-refractivity contribution < 1.29 is 35.9 Å². The van der Waals surface area contributed by atoms with Gasteiger partial charge in [-0.15, -0.1) is 0 Å². The van der Waals surface area contributed by atoms with Crippen LogP contribution in [0.3, 0.4) is 0 Å². The van der Waals surface area contributed by atoms with Crippen LogP contribution in [-0.4, -0.2) is 93.8 Å². The molecular weight excluding hydrogens is 623 g/mol. The van der Waals surface area contributed by atoms with Crippen LogP contribution in [0.25, 0.3) is 11.0 Å². The highest BCUT2D eigenvalue weighted by atomic mass is 32.2. The van der Waals surface area contributed by atoms with E-state index in [1.54, 1.807) is 25.3 Å². The number of alkyl halides is 3. The topological polar surface area (TPSA) is 115 Å². The number of piperidine rings is 1. The third-order valence-corrected chi connectivity index (χ3v) is 9.45. The van der Waals surface area contributed by atoms with Gasteiger partial charge < -0.3 is 29.6 Å². The molecule has 10 nitrogen and oxygen atoms in total. The van der Waals surface area contributed by atoms with E-state index in [2.05, 4.69) is 39.3 Å². The summed E-state index contributed by atoms with van der Waals surface area (Å²) in [6, 6.07) is 6.12. The predicted molar refractivity (Wildman–Crippen MR) is 168 cm³/mol. The normalized spacial score (nSPS) is 18.7. The first-order chi connectivity index (χ1) is 21.8. The Balaban J connectivity index is 1.38. The van der Waals surface area contributed by atoms with Crippen LogP contribution in [-0.2, 0) is 27.5 Å². The first kappa shape index (κ1) is 33.6. The van der Waals surface area contributed by atoms with Gasteiger partial charge in [0.05, 0.1) is 47.7 Å². The number of ether oxygens (including phenoxy) is 2. The number of nitrogens with zero attached hydrogens (tertiary/aromatic N) is 3. The van der Waals surface area contributed by atoms with Crippen LogP contribution in [0.1, 0.15) is 41.3 Å². The van der Waals surface area contributed by atoms with Crippen molar-refractivity contribution in [3.05, 3.63) is 47.3 Å². The van der Waals surface area contributed by atoms with E-state index in [-0.39, 0.29) is 40.0 Å². The number of likely N-dealkylation sites (tertiary alicyclic amines) is 1. The van der Waals surface area contributed by atoms with Crippen molar-refractivity contribution in [2.24, 2.45) is 5.92 Å². The van der Waals surface area contributed by atoms with Crippen molar-refractivity contribution in [2.75, 3.05) is 58.1 Å². The first-order valence-corrected chi connectivity index (χ1v) is 17.0. The summed E-state index contributed by atoms with van der Waals surface area (Å²) in [7, 11) is -1.78. The van der Waals surface area contributed by atoms with Gasteiger partial charge in [0.1, 0.15) is 17.8 Å². The smallest absolute Gasteiger partial charge is 0.406 e. The summed E-state index contributed by atoms with van der Waals surface area (Å²) in [4.78, 5) is 20.3. The minimum absolute atomic E-state index is 0.111. The lowest BCUT2D eigenvalue weighted by atomic mass is 9.93. The van der Waals surface area contributed by atoms with Crippen LogP contribution >= 0.6 is 0 Å². The number of rotatable bonds is 9. The summed E-state index contributed by atoms with van der Waals surface area (Å²) in [6.45, 7) is 4.40. The lowest BCUT2D eigenvalue weighted by molar-refractivity contribution is -0.139. The Bertz CT molecular complexity index is 1760. The molecule has 2 atom stereocenters. The van der Waals surface area contributed by atoms with E-state index < -0.39 is 28.5 Å². The zero-order valence-corrected chi connectivity index (χ0v) is 26.9. The summed E-state index contributed by atoms with van der Waals surface area (Å²) in [5.74, 6) is 6.15. The number of benzene rings is 2. The maximum absolute atomic E-state index is 13.6. The molecule has 0 saturated carbocycles. The average Bonchev–Trinajstić information content (AvgIpc) is 3.39. The van der Waals surface area contributed by atoms with Gasteiger partial charge in [0.2, 0.25) is 0 Å². The molecular formula is C32H38F3N5O5S. The molecule has 0 aliphatic carbocycles. The molecule has 3 aromatic rings. The Morgan fingerprint density at radius 1 is 1.26 bits per heavy atom. The molecule has 1 saturated heterocycles. The van der Waals surface area contributed by atoms with Crippen LogP contribution in [0.2, 0.25) is 0 Å². The number of halogens is 3. The van der Waals surface area contributed by atoms with Gasteiger partial charge in [-0.05, 0) is 49.4 Å². The van der Waals surface area contributed by atoms with Crippen molar-refractivity contribution in [1.82, 2.24) is 19.8 Å². The summed E-state index contributed by atoms with van der Waals surface area (Å²) in [5.41, 5.74) is 2.06. The van der Waals surface area contributed by atoms with Crippen LogP contribution in [0.15, 0.2) is 35.5 Å². The van der Waals surface area contributed by atoms with Crippen molar-refractivity contribution in [1.29, 1.82) is 0 Å². The van der Waals surface area contributed by atoms with Gasteiger partial charge in [0, 0.05) is 50.2 Å². The highest BCUT2D eigenvalue weighted by Gasteiger charge is 2.31. The van der Waals surface area contributed by atoms with E-state index in [9.17, 15) is 26.4 Å². The summed E-state index contributed by atoms with van der Waals surface area (Å²) < 4.78 is 76.6. The number of fused-ring (bicyclic) bond motifs is 2. The van der Waals surface area contributed by atoms with E-state index in [4.69, 9.17) is 9.47 Å². The molecule has 0 radical (unpaired) electrons. The Morgan fingerprint density at radius 2 is 2.07 bits per heavy atom. The van der Waals surface area contributed by atoms with E-state index >= 15 is 0 Å². The largest absolute Gasteiger partial charge is 0.491 e. The molecule has 1 aromatic heterocycles. The zero-order chi connectivity index (χ0) is 33.1. The van der Waals surface area contributed by atoms with Crippen molar-refractivity contribution in [3.63, 3.8) is 0 Å². The number of anilines is 1. The number of imidazole rings is 1. The molecule has 2 N–H and O–H groups in total. The van der Waals surface area contributed by atoms with Crippen molar-refractivity contribution in [3.8, 4) is 17.6 Å². The number of hydrogen-bond acceptors (Lipinski definition) is 8. The minimum Gasteiger partial charge on any atom is -0.491 e. The molecule has 14 heteroatoms. The average molecular weight is 662 g/mol. The molecule has 46 heavy (non-hydrogen) atoms. The molecule has 1 amide bonds. The summed E-state index contributed by atoms with van der Waals surface area (Å²) in [5, 5.41) is 6.24. The predicted octanol–water partition coefficient (Wildman–Crippen LogP) is 3.88. The van der Waals surface area contributed by atoms with E-state index in [0.717, 1.165) is 43.2 Å². The van der Waals surface area contributed by atoms with E-state index in [1.165, 1.54) is 6.07 Å². The maximum atomic E-state index is 13.6. The van der Waals surface area contributed by atoms with Gasteiger partial charge in [-0.3, -0.25) is 4.79 Å².